The topological polar surface area (TPSA) is 41.1 Å². The number of carbonyl (C=O) groups is 1. The lowest BCUT2D eigenvalue weighted by Crippen LogP contribution is -2.46. The molecule has 0 aliphatic carbocycles. The molecule has 20 heavy (non-hydrogen) atoms. The minimum Gasteiger partial charge on any atom is -0.352 e. The summed E-state index contributed by atoms with van der Waals surface area (Å²) >= 11 is 0. The Morgan fingerprint density at radius 1 is 1.30 bits per heavy atom. The zero-order chi connectivity index (χ0) is 15.1. The van der Waals surface area contributed by atoms with Crippen molar-refractivity contribution in [3.63, 3.8) is 0 Å². The Labute approximate surface area is 121 Å². The normalized spacial score (nSPS) is 15.4. The molecule has 0 bridgehead atoms. The first-order chi connectivity index (χ1) is 9.43. The van der Waals surface area contributed by atoms with Gasteiger partial charge in [0, 0.05) is 12.1 Å². The average Bonchev–Trinajstić information content (AvgIpc) is 2.38. The molecule has 0 saturated carbocycles. The van der Waals surface area contributed by atoms with Gasteiger partial charge in [-0.2, -0.15) is 0 Å². The van der Waals surface area contributed by atoms with Crippen LogP contribution in [0.1, 0.15) is 52.1 Å². The monoisotopic (exact) mass is 280 g/mol. The maximum absolute atomic E-state index is 13.2. The number of hydrogen-bond acceptors (Lipinski definition) is 2. The molecule has 0 aliphatic heterocycles. The van der Waals surface area contributed by atoms with Gasteiger partial charge in [-0.25, -0.2) is 4.39 Å². The molecule has 1 aromatic carbocycles. The highest BCUT2D eigenvalue weighted by Gasteiger charge is 2.17. The molecular formula is C16H25FN2O. The summed E-state index contributed by atoms with van der Waals surface area (Å²) in [6.07, 6.45) is 2.01. The first-order valence-corrected chi connectivity index (χ1v) is 7.26. The molecule has 2 N–H and O–H groups in total. The Morgan fingerprint density at radius 3 is 2.60 bits per heavy atom. The molecule has 2 unspecified atom stereocenters. The largest absolute Gasteiger partial charge is 0.352 e. The van der Waals surface area contributed by atoms with Gasteiger partial charge in [0.2, 0.25) is 5.91 Å². The van der Waals surface area contributed by atoms with Gasteiger partial charge in [0.05, 0.1) is 6.04 Å². The second kappa shape index (κ2) is 8.00. The van der Waals surface area contributed by atoms with E-state index in [-0.39, 0.29) is 29.8 Å². The number of hydrogen-bond donors (Lipinski definition) is 2. The molecule has 112 valence electrons. The summed E-state index contributed by atoms with van der Waals surface area (Å²) in [7, 11) is 0. The number of carbonyl (C=O) groups excluding carboxylic acids is 1. The lowest BCUT2D eigenvalue weighted by Gasteiger charge is -2.22. The summed E-state index contributed by atoms with van der Waals surface area (Å²) in [6.45, 7) is 7.85. The van der Waals surface area contributed by atoms with Gasteiger partial charge in [0.25, 0.3) is 0 Å². The molecule has 1 aromatic rings. The first kappa shape index (κ1) is 16.6. The third-order valence-electron chi connectivity index (χ3n) is 3.35. The molecular weight excluding hydrogens is 255 g/mol. The predicted molar refractivity (Wildman–Crippen MR) is 79.9 cm³/mol. The summed E-state index contributed by atoms with van der Waals surface area (Å²) in [5, 5.41) is 6.17. The Kier molecular flexibility index (Phi) is 6.65. The predicted octanol–water partition coefficient (Wildman–Crippen LogP) is 3.17. The highest BCUT2D eigenvalue weighted by Crippen LogP contribution is 2.14. The van der Waals surface area contributed by atoms with Crippen molar-refractivity contribution < 1.29 is 9.18 Å². The number of rotatable bonds is 7. The van der Waals surface area contributed by atoms with E-state index in [1.54, 1.807) is 6.07 Å². The third kappa shape index (κ3) is 5.29. The Bertz CT molecular complexity index is 436. The van der Waals surface area contributed by atoms with E-state index >= 15 is 0 Å². The molecule has 1 amide bonds. The highest BCUT2D eigenvalue weighted by molar-refractivity contribution is 5.81. The van der Waals surface area contributed by atoms with E-state index in [4.69, 9.17) is 0 Å². The van der Waals surface area contributed by atoms with Crippen molar-refractivity contribution in [3.8, 4) is 0 Å². The lowest BCUT2D eigenvalue weighted by molar-refractivity contribution is -0.123. The van der Waals surface area contributed by atoms with Gasteiger partial charge in [0.15, 0.2) is 0 Å². The van der Waals surface area contributed by atoms with Crippen molar-refractivity contribution in [1.29, 1.82) is 0 Å². The summed E-state index contributed by atoms with van der Waals surface area (Å²) < 4.78 is 13.2. The van der Waals surface area contributed by atoms with Gasteiger partial charge in [-0.15, -0.1) is 0 Å². The average molecular weight is 280 g/mol. The molecule has 3 atom stereocenters. The van der Waals surface area contributed by atoms with Crippen LogP contribution >= 0.6 is 0 Å². The molecule has 0 spiro atoms. The van der Waals surface area contributed by atoms with Crippen molar-refractivity contribution in [1.82, 2.24) is 10.6 Å². The van der Waals surface area contributed by atoms with Crippen LogP contribution < -0.4 is 10.6 Å². The van der Waals surface area contributed by atoms with Crippen molar-refractivity contribution in [3.05, 3.63) is 35.6 Å². The number of benzene rings is 1. The van der Waals surface area contributed by atoms with Gasteiger partial charge in [-0.3, -0.25) is 10.1 Å². The summed E-state index contributed by atoms with van der Waals surface area (Å²) in [5.41, 5.74) is 0.839. The minimum absolute atomic E-state index is 0.0193. The van der Waals surface area contributed by atoms with Gasteiger partial charge in [-0.1, -0.05) is 25.5 Å². The quantitative estimate of drug-likeness (QED) is 0.805. The van der Waals surface area contributed by atoms with Crippen molar-refractivity contribution in [2.45, 2.75) is 58.7 Å². The second-order valence-electron chi connectivity index (χ2n) is 5.36. The van der Waals surface area contributed by atoms with Crippen molar-refractivity contribution in [2.24, 2.45) is 0 Å². The summed E-state index contributed by atoms with van der Waals surface area (Å²) in [4.78, 5) is 12.0. The number of amides is 1. The molecule has 0 aromatic heterocycles. The Morgan fingerprint density at radius 2 is 2.00 bits per heavy atom. The van der Waals surface area contributed by atoms with Crippen LogP contribution in [0.3, 0.4) is 0 Å². The standard InChI is InChI=1S/C16H25FN2O/c1-5-7-11(2)18-16(20)13(4)19-12(3)14-8-6-9-15(17)10-14/h6,8-13,19H,5,7H2,1-4H3,(H,18,20)/t11?,12-,13?/m0/s1. The molecule has 1 rings (SSSR count). The van der Waals surface area contributed by atoms with Crippen LogP contribution in [-0.2, 0) is 4.79 Å². The molecule has 0 fully saturated rings. The van der Waals surface area contributed by atoms with Crippen LogP contribution in [0.25, 0.3) is 0 Å². The highest BCUT2D eigenvalue weighted by atomic mass is 19.1. The van der Waals surface area contributed by atoms with Crippen molar-refractivity contribution >= 4 is 5.91 Å². The zero-order valence-corrected chi connectivity index (χ0v) is 12.7. The van der Waals surface area contributed by atoms with Gasteiger partial charge in [-0.05, 0) is 44.9 Å². The fourth-order valence-corrected chi connectivity index (χ4v) is 2.20. The second-order valence-corrected chi connectivity index (χ2v) is 5.36. The molecule has 3 nitrogen and oxygen atoms in total. The van der Waals surface area contributed by atoms with E-state index in [0.29, 0.717) is 0 Å². The summed E-state index contributed by atoms with van der Waals surface area (Å²) in [5.74, 6) is -0.279. The smallest absolute Gasteiger partial charge is 0.237 e. The van der Waals surface area contributed by atoms with Crippen LogP contribution in [0, 0.1) is 5.82 Å². The fraction of sp³-hybridized carbons (Fsp3) is 0.562. The summed E-state index contributed by atoms with van der Waals surface area (Å²) in [6, 6.07) is 6.23. The molecule has 0 aliphatic rings. The van der Waals surface area contributed by atoms with Gasteiger partial charge >= 0.3 is 0 Å². The van der Waals surface area contributed by atoms with E-state index in [0.717, 1.165) is 18.4 Å². The molecule has 0 saturated heterocycles. The van der Waals surface area contributed by atoms with E-state index in [9.17, 15) is 9.18 Å². The number of halogens is 1. The third-order valence-corrected chi connectivity index (χ3v) is 3.35. The zero-order valence-electron chi connectivity index (χ0n) is 12.7. The maximum Gasteiger partial charge on any atom is 0.237 e. The van der Waals surface area contributed by atoms with E-state index in [2.05, 4.69) is 17.6 Å². The fourth-order valence-electron chi connectivity index (χ4n) is 2.20. The Hall–Kier alpha value is -1.42. The van der Waals surface area contributed by atoms with Crippen LogP contribution in [0.2, 0.25) is 0 Å². The van der Waals surface area contributed by atoms with E-state index in [1.807, 2.05) is 26.8 Å². The van der Waals surface area contributed by atoms with Crippen LogP contribution in [0.15, 0.2) is 24.3 Å². The van der Waals surface area contributed by atoms with Crippen LogP contribution in [0.4, 0.5) is 4.39 Å². The van der Waals surface area contributed by atoms with Crippen molar-refractivity contribution in [2.75, 3.05) is 0 Å². The first-order valence-electron chi connectivity index (χ1n) is 7.26. The van der Waals surface area contributed by atoms with E-state index in [1.165, 1.54) is 12.1 Å². The van der Waals surface area contributed by atoms with Crippen LogP contribution in [-0.4, -0.2) is 18.0 Å². The number of nitrogens with one attached hydrogen (secondary N) is 2. The maximum atomic E-state index is 13.2. The van der Waals surface area contributed by atoms with Gasteiger partial charge < -0.3 is 5.32 Å². The van der Waals surface area contributed by atoms with Crippen LogP contribution in [0.5, 0.6) is 0 Å². The SMILES string of the molecule is CCCC(C)NC(=O)C(C)N[C@@H](C)c1cccc(F)c1. The molecule has 0 radical (unpaired) electrons. The Balaban J connectivity index is 2.52. The van der Waals surface area contributed by atoms with Gasteiger partial charge in [0.1, 0.15) is 5.82 Å². The minimum atomic E-state index is -0.312. The van der Waals surface area contributed by atoms with E-state index < -0.39 is 0 Å². The lowest BCUT2D eigenvalue weighted by atomic mass is 10.1. The molecule has 4 heteroatoms. The molecule has 0 heterocycles.